The van der Waals surface area contributed by atoms with Gasteiger partial charge in [0.25, 0.3) is 0 Å². The quantitative estimate of drug-likeness (QED) is 0.797. The SMILES string of the molecule is CCCC(C#N)(CCC)C(=O)NCc1ccccc1OC. The summed E-state index contributed by atoms with van der Waals surface area (Å²) in [5, 5.41) is 12.4. The normalized spacial score (nSPS) is 10.8. The van der Waals surface area contributed by atoms with Crippen molar-refractivity contribution in [2.24, 2.45) is 5.41 Å². The lowest BCUT2D eigenvalue weighted by molar-refractivity contribution is -0.129. The zero-order chi connectivity index (χ0) is 15.7. The van der Waals surface area contributed by atoms with Crippen LogP contribution in [0.3, 0.4) is 0 Å². The van der Waals surface area contributed by atoms with E-state index in [-0.39, 0.29) is 5.91 Å². The number of hydrogen-bond donors (Lipinski definition) is 1. The predicted molar refractivity (Wildman–Crippen MR) is 82.7 cm³/mol. The fourth-order valence-electron chi connectivity index (χ4n) is 2.56. The molecule has 0 aliphatic heterocycles. The van der Waals surface area contributed by atoms with Crippen LogP contribution in [0.4, 0.5) is 0 Å². The molecule has 0 aliphatic rings. The van der Waals surface area contributed by atoms with E-state index < -0.39 is 5.41 Å². The second kappa shape index (κ2) is 8.31. The molecule has 4 heteroatoms. The molecule has 21 heavy (non-hydrogen) atoms. The van der Waals surface area contributed by atoms with E-state index in [1.807, 2.05) is 38.1 Å². The van der Waals surface area contributed by atoms with Gasteiger partial charge in [0.15, 0.2) is 0 Å². The molecule has 0 aliphatic carbocycles. The summed E-state index contributed by atoms with van der Waals surface area (Å²) in [5.41, 5.74) is -0.000837. The monoisotopic (exact) mass is 288 g/mol. The molecule has 0 heterocycles. The molecular weight excluding hydrogens is 264 g/mol. The number of benzene rings is 1. The number of rotatable bonds is 8. The number of nitrogens with zero attached hydrogens (tertiary/aromatic N) is 1. The maximum absolute atomic E-state index is 12.5. The van der Waals surface area contributed by atoms with Gasteiger partial charge in [0.1, 0.15) is 11.2 Å². The summed E-state index contributed by atoms with van der Waals surface area (Å²) in [6.45, 7) is 4.37. The Balaban J connectivity index is 2.81. The van der Waals surface area contributed by atoms with Crippen LogP contribution in [0.2, 0.25) is 0 Å². The highest BCUT2D eigenvalue weighted by molar-refractivity contribution is 5.85. The first-order valence-electron chi connectivity index (χ1n) is 7.45. The van der Waals surface area contributed by atoms with Gasteiger partial charge in [0, 0.05) is 12.1 Å². The fourth-order valence-corrected chi connectivity index (χ4v) is 2.56. The van der Waals surface area contributed by atoms with Gasteiger partial charge >= 0.3 is 0 Å². The van der Waals surface area contributed by atoms with Gasteiger partial charge in [0.2, 0.25) is 5.91 Å². The van der Waals surface area contributed by atoms with Crippen LogP contribution in [0.25, 0.3) is 0 Å². The van der Waals surface area contributed by atoms with Gasteiger partial charge in [-0.2, -0.15) is 5.26 Å². The average molecular weight is 288 g/mol. The molecule has 114 valence electrons. The molecular formula is C17H24N2O2. The zero-order valence-electron chi connectivity index (χ0n) is 13.1. The molecule has 0 radical (unpaired) electrons. The number of nitriles is 1. The lowest BCUT2D eigenvalue weighted by Crippen LogP contribution is -2.39. The Morgan fingerprint density at radius 2 is 1.90 bits per heavy atom. The van der Waals surface area contributed by atoms with Gasteiger partial charge < -0.3 is 10.1 Å². The number of ether oxygens (including phenoxy) is 1. The highest BCUT2D eigenvalue weighted by atomic mass is 16.5. The Morgan fingerprint density at radius 3 is 2.43 bits per heavy atom. The average Bonchev–Trinajstić information content (AvgIpc) is 2.52. The van der Waals surface area contributed by atoms with Crippen molar-refractivity contribution in [1.29, 1.82) is 5.26 Å². The van der Waals surface area contributed by atoms with Crippen molar-refractivity contribution in [3.05, 3.63) is 29.8 Å². The summed E-state index contributed by atoms with van der Waals surface area (Å²) >= 11 is 0. The van der Waals surface area contributed by atoms with Gasteiger partial charge in [0.05, 0.1) is 13.2 Å². The molecule has 1 amide bonds. The van der Waals surface area contributed by atoms with E-state index in [2.05, 4.69) is 11.4 Å². The summed E-state index contributed by atoms with van der Waals surface area (Å²) in [6.07, 6.45) is 2.81. The van der Waals surface area contributed by atoms with Crippen molar-refractivity contribution >= 4 is 5.91 Å². The summed E-state index contributed by atoms with van der Waals surface area (Å²) in [5.74, 6) is 0.561. The topological polar surface area (TPSA) is 62.1 Å². The van der Waals surface area contributed by atoms with Gasteiger partial charge in [-0.3, -0.25) is 4.79 Å². The lowest BCUT2D eigenvalue weighted by Gasteiger charge is -2.24. The summed E-state index contributed by atoms with van der Waals surface area (Å²) in [7, 11) is 1.61. The Labute approximate surface area is 127 Å². The minimum Gasteiger partial charge on any atom is -0.496 e. The molecule has 0 fully saturated rings. The molecule has 1 N–H and O–H groups in total. The summed E-state index contributed by atoms with van der Waals surface area (Å²) in [6, 6.07) is 9.80. The van der Waals surface area contributed by atoms with E-state index in [9.17, 15) is 10.1 Å². The standard InChI is InChI=1S/C17H24N2O2/c1-4-10-17(13-18,11-5-2)16(20)19-12-14-8-6-7-9-15(14)21-3/h6-9H,4-5,10-12H2,1-3H3,(H,19,20). The Bertz CT molecular complexity index is 500. The molecule has 0 bridgehead atoms. The second-order valence-corrected chi connectivity index (χ2v) is 5.19. The maximum Gasteiger partial charge on any atom is 0.240 e. The highest BCUT2D eigenvalue weighted by Gasteiger charge is 2.36. The largest absolute Gasteiger partial charge is 0.496 e. The van der Waals surface area contributed by atoms with Crippen LogP contribution in [0.1, 0.15) is 45.1 Å². The fraction of sp³-hybridized carbons (Fsp3) is 0.529. The second-order valence-electron chi connectivity index (χ2n) is 5.19. The minimum absolute atomic E-state index is 0.181. The maximum atomic E-state index is 12.5. The molecule has 0 saturated carbocycles. The van der Waals surface area contributed by atoms with Crippen LogP contribution < -0.4 is 10.1 Å². The van der Waals surface area contributed by atoms with Crippen molar-refractivity contribution in [2.45, 2.75) is 46.1 Å². The third-order valence-electron chi connectivity index (χ3n) is 3.63. The Hall–Kier alpha value is -2.02. The number of nitrogens with one attached hydrogen (secondary N) is 1. The van der Waals surface area contributed by atoms with E-state index in [1.54, 1.807) is 7.11 Å². The molecule has 1 aromatic rings. The Kier molecular flexibility index (Phi) is 6.74. The number of methoxy groups -OCH3 is 1. The van der Waals surface area contributed by atoms with E-state index in [1.165, 1.54) is 0 Å². The van der Waals surface area contributed by atoms with Crippen molar-refractivity contribution < 1.29 is 9.53 Å². The first-order valence-corrected chi connectivity index (χ1v) is 7.45. The van der Waals surface area contributed by atoms with E-state index in [0.717, 1.165) is 24.2 Å². The first kappa shape index (κ1) is 17.0. The van der Waals surface area contributed by atoms with Crippen LogP contribution in [-0.2, 0) is 11.3 Å². The number of carbonyl (C=O) groups is 1. The third kappa shape index (κ3) is 4.22. The number of para-hydroxylation sites is 1. The van der Waals surface area contributed by atoms with Crippen molar-refractivity contribution in [3.8, 4) is 11.8 Å². The first-order chi connectivity index (χ1) is 10.1. The highest BCUT2D eigenvalue weighted by Crippen LogP contribution is 2.29. The van der Waals surface area contributed by atoms with Crippen LogP contribution in [-0.4, -0.2) is 13.0 Å². The van der Waals surface area contributed by atoms with Crippen LogP contribution >= 0.6 is 0 Å². The number of hydrogen-bond acceptors (Lipinski definition) is 3. The molecule has 0 saturated heterocycles. The minimum atomic E-state index is -0.911. The van der Waals surface area contributed by atoms with Gasteiger partial charge in [-0.25, -0.2) is 0 Å². The van der Waals surface area contributed by atoms with E-state index >= 15 is 0 Å². The number of amides is 1. The van der Waals surface area contributed by atoms with Crippen LogP contribution in [0.15, 0.2) is 24.3 Å². The molecule has 1 rings (SSSR count). The summed E-state index contributed by atoms with van der Waals surface area (Å²) in [4.78, 5) is 12.5. The van der Waals surface area contributed by atoms with Gasteiger partial charge in [-0.05, 0) is 18.9 Å². The smallest absolute Gasteiger partial charge is 0.240 e. The lowest BCUT2D eigenvalue weighted by atomic mass is 9.79. The third-order valence-corrected chi connectivity index (χ3v) is 3.63. The van der Waals surface area contributed by atoms with Crippen molar-refractivity contribution in [2.75, 3.05) is 7.11 Å². The summed E-state index contributed by atoms with van der Waals surface area (Å²) < 4.78 is 5.27. The Morgan fingerprint density at radius 1 is 1.29 bits per heavy atom. The van der Waals surface area contributed by atoms with Crippen molar-refractivity contribution in [3.63, 3.8) is 0 Å². The zero-order valence-corrected chi connectivity index (χ0v) is 13.1. The van der Waals surface area contributed by atoms with Gasteiger partial charge in [-0.15, -0.1) is 0 Å². The molecule has 0 atom stereocenters. The van der Waals surface area contributed by atoms with Crippen LogP contribution in [0.5, 0.6) is 5.75 Å². The van der Waals surface area contributed by atoms with Crippen LogP contribution in [0, 0.1) is 16.7 Å². The molecule has 0 unspecified atom stereocenters. The van der Waals surface area contributed by atoms with E-state index in [4.69, 9.17) is 4.74 Å². The molecule has 1 aromatic carbocycles. The predicted octanol–water partition coefficient (Wildman–Crippen LogP) is 3.42. The molecule has 0 aromatic heterocycles. The molecule has 4 nitrogen and oxygen atoms in total. The van der Waals surface area contributed by atoms with Crippen molar-refractivity contribution in [1.82, 2.24) is 5.32 Å². The molecule has 0 spiro atoms. The van der Waals surface area contributed by atoms with Gasteiger partial charge in [-0.1, -0.05) is 44.9 Å². The number of carbonyl (C=O) groups excluding carboxylic acids is 1. The van der Waals surface area contributed by atoms with E-state index in [0.29, 0.717) is 19.4 Å².